The minimum atomic E-state index is 0.0196. The third-order valence-electron chi connectivity index (χ3n) is 5.48. The first-order chi connectivity index (χ1) is 13.4. The molecule has 0 spiro atoms. The van der Waals surface area contributed by atoms with E-state index in [9.17, 15) is 4.79 Å². The topological polar surface area (TPSA) is 17.1 Å². The highest BCUT2D eigenvalue weighted by atomic mass is 16.1. The number of rotatable bonds is 2. The summed E-state index contributed by atoms with van der Waals surface area (Å²) in [4.78, 5) is 11.8. The maximum atomic E-state index is 11.8. The Kier molecular flexibility index (Phi) is 3.72. The van der Waals surface area contributed by atoms with Crippen LogP contribution in [-0.4, -0.2) is 6.29 Å². The van der Waals surface area contributed by atoms with E-state index in [1.54, 1.807) is 0 Å². The van der Waals surface area contributed by atoms with Gasteiger partial charge in [-0.25, -0.2) is 0 Å². The Labute approximate surface area is 158 Å². The van der Waals surface area contributed by atoms with Gasteiger partial charge in [0.1, 0.15) is 6.29 Å². The van der Waals surface area contributed by atoms with Crippen molar-refractivity contribution >= 4 is 6.29 Å². The number of hydrogen-bond donors (Lipinski definition) is 0. The molecule has 128 valence electrons. The molecule has 0 N–H and O–H groups in total. The lowest BCUT2D eigenvalue weighted by atomic mass is 9.80. The summed E-state index contributed by atoms with van der Waals surface area (Å²) in [5.74, 6) is 0.0196. The summed E-state index contributed by atoms with van der Waals surface area (Å²) < 4.78 is 0. The molecule has 4 aromatic carbocycles. The van der Waals surface area contributed by atoms with Crippen LogP contribution in [0.5, 0.6) is 0 Å². The van der Waals surface area contributed by atoms with Crippen molar-refractivity contribution in [1.82, 2.24) is 0 Å². The van der Waals surface area contributed by atoms with Crippen LogP contribution in [0.1, 0.15) is 33.0 Å². The molecule has 1 nitrogen and oxygen atoms in total. The smallest absolute Gasteiger partial charge is 0.150 e. The van der Waals surface area contributed by atoms with Gasteiger partial charge in [-0.1, -0.05) is 97.1 Å². The Morgan fingerprint density at radius 1 is 0.481 bits per heavy atom. The fraction of sp³-hybridized carbons (Fsp3) is 0.0385. The molecule has 0 atom stereocenters. The van der Waals surface area contributed by atoms with E-state index < -0.39 is 0 Å². The van der Waals surface area contributed by atoms with Crippen molar-refractivity contribution in [2.24, 2.45) is 0 Å². The summed E-state index contributed by atoms with van der Waals surface area (Å²) in [5.41, 5.74) is 9.23. The van der Waals surface area contributed by atoms with Gasteiger partial charge in [-0.05, 0) is 38.9 Å². The van der Waals surface area contributed by atoms with Gasteiger partial charge in [0.2, 0.25) is 0 Å². The zero-order valence-electron chi connectivity index (χ0n) is 14.8. The average molecular weight is 346 g/mol. The van der Waals surface area contributed by atoms with Gasteiger partial charge >= 0.3 is 0 Å². The fourth-order valence-corrected chi connectivity index (χ4v) is 4.32. The molecule has 27 heavy (non-hydrogen) atoms. The van der Waals surface area contributed by atoms with E-state index in [4.69, 9.17) is 0 Å². The number of benzene rings is 4. The standard InChI is InChI=1S/C26H18O/c27-17-18-9-1-2-10-19(18)26-24-15-7-5-13-22(24)20-11-3-4-12-21(20)23-14-6-8-16-25(23)26/h1-17,26H. The average Bonchev–Trinajstić information content (AvgIpc) is 2.87. The highest BCUT2D eigenvalue weighted by Gasteiger charge is 2.28. The van der Waals surface area contributed by atoms with E-state index in [2.05, 4.69) is 78.9 Å². The lowest BCUT2D eigenvalue weighted by Crippen LogP contribution is -2.07. The minimum Gasteiger partial charge on any atom is -0.298 e. The predicted octanol–water partition coefficient (Wildman–Crippen LogP) is 6.33. The van der Waals surface area contributed by atoms with Crippen LogP contribution in [0.4, 0.5) is 0 Å². The summed E-state index contributed by atoms with van der Waals surface area (Å²) >= 11 is 0. The second-order valence-electron chi connectivity index (χ2n) is 6.90. The lowest BCUT2D eigenvalue weighted by molar-refractivity contribution is 0.112. The second-order valence-corrected chi connectivity index (χ2v) is 6.90. The molecular weight excluding hydrogens is 328 g/mol. The van der Waals surface area contributed by atoms with Crippen LogP contribution >= 0.6 is 0 Å². The second kappa shape index (κ2) is 6.37. The molecule has 0 unspecified atom stereocenters. The number of aldehydes is 1. The fourth-order valence-electron chi connectivity index (χ4n) is 4.32. The Bertz CT molecular complexity index is 1090. The number of fused-ring (bicyclic) bond motifs is 5. The number of carbonyl (C=O) groups excluding carboxylic acids is 1. The molecule has 0 saturated carbocycles. The van der Waals surface area contributed by atoms with Crippen LogP contribution in [0.3, 0.4) is 0 Å². The SMILES string of the molecule is O=Cc1ccccc1C1c2ccccc2-c2ccccc2-c2ccccc21. The van der Waals surface area contributed by atoms with Gasteiger partial charge in [-0.15, -0.1) is 0 Å². The van der Waals surface area contributed by atoms with Crippen molar-refractivity contribution in [1.29, 1.82) is 0 Å². The molecular formula is C26H18O. The van der Waals surface area contributed by atoms with Crippen molar-refractivity contribution < 1.29 is 4.79 Å². The first kappa shape index (κ1) is 15.8. The van der Waals surface area contributed by atoms with Gasteiger partial charge in [0, 0.05) is 11.5 Å². The summed E-state index contributed by atoms with van der Waals surface area (Å²) in [5, 5.41) is 0. The molecule has 0 heterocycles. The Balaban J connectivity index is 1.93. The first-order valence-electron chi connectivity index (χ1n) is 9.20. The molecule has 0 fully saturated rings. The van der Waals surface area contributed by atoms with Crippen LogP contribution in [0, 0.1) is 0 Å². The molecule has 0 radical (unpaired) electrons. The Morgan fingerprint density at radius 2 is 0.889 bits per heavy atom. The van der Waals surface area contributed by atoms with Crippen LogP contribution in [-0.2, 0) is 0 Å². The maximum Gasteiger partial charge on any atom is 0.150 e. The van der Waals surface area contributed by atoms with E-state index in [1.807, 2.05) is 18.2 Å². The number of carbonyl (C=O) groups is 1. The van der Waals surface area contributed by atoms with E-state index in [-0.39, 0.29) is 5.92 Å². The molecule has 0 amide bonds. The highest BCUT2D eigenvalue weighted by Crippen LogP contribution is 2.48. The zero-order chi connectivity index (χ0) is 18.2. The molecule has 0 aromatic heterocycles. The van der Waals surface area contributed by atoms with Crippen LogP contribution in [0.25, 0.3) is 22.3 Å². The quantitative estimate of drug-likeness (QED) is 0.341. The molecule has 0 saturated heterocycles. The zero-order valence-corrected chi connectivity index (χ0v) is 14.8. The van der Waals surface area contributed by atoms with E-state index in [1.165, 1.54) is 33.4 Å². The molecule has 1 aliphatic rings. The van der Waals surface area contributed by atoms with Crippen LogP contribution < -0.4 is 0 Å². The van der Waals surface area contributed by atoms with Crippen molar-refractivity contribution in [2.45, 2.75) is 5.92 Å². The van der Waals surface area contributed by atoms with Crippen LogP contribution in [0.15, 0.2) is 97.1 Å². The minimum absolute atomic E-state index is 0.0196. The van der Waals surface area contributed by atoms with E-state index >= 15 is 0 Å². The first-order valence-corrected chi connectivity index (χ1v) is 9.20. The molecule has 1 aliphatic carbocycles. The van der Waals surface area contributed by atoms with Gasteiger partial charge in [-0.3, -0.25) is 4.79 Å². The monoisotopic (exact) mass is 346 g/mol. The van der Waals surface area contributed by atoms with Gasteiger partial charge < -0.3 is 0 Å². The van der Waals surface area contributed by atoms with E-state index in [0.717, 1.165) is 17.4 Å². The third kappa shape index (κ3) is 2.43. The van der Waals surface area contributed by atoms with Gasteiger partial charge in [0.05, 0.1) is 0 Å². The van der Waals surface area contributed by atoms with Crippen molar-refractivity contribution in [3.63, 3.8) is 0 Å². The van der Waals surface area contributed by atoms with Crippen LogP contribution in [0.2, 0.25) is 0 Å². The maximum absolute atomic E-state index is 11.8. The van der Waals surface area contributed by atoms with Crippen molar-refractivity contribution in [3.05, 3.63) is 119 Å². The normalized spacial score (nSPS) is 12.4. The Morgan fingerprint density at radius 3 is 1.41 bits per heavy atom. The van der Waals surface area contributed by atoms with Gasteiger partial charge in [0.15, 0.2) is 0 Å². The molecule has 4 aromatic rings. The van der Waals surface area contributed by atoms with E-state index in [0.29, 0.717) is 0 Å². The lowest BCUT2D eigenvalue weighted by Gasteiger charge is -2.22. The number of hydrogen-bond acceptors (Lipinski definition) is 1. The molecule has 5 rings (SSSR count). The van der Waals surface area contributed by atoms with Gasteiger partial charge in [-0.2, -0.15) is 0 Å². The summed E-state index contributed by atoms with van der Waals surface area (Å²) in [6.45, 7) is 0. The van der Waals surface area contributed by atoms with Gasteiger partial charge in [0.25, 0.3) is 0 Å². The predicted molar refractivity (Wildman–Crippen MR) is 110 cm³/mol. The molecule has 0 aliphatic heterocycles. The third-order valence-corrected chi connectivity index (χ3v) is 5.48. The molecule has 0 bridgehead atoms. The molecule has 1 heteroatoms. The largest absolute Gasteiger partial charge is 0.298 e. The summed E-state index contributed by atoms with van der Waals surface area (Å²) in [7, 11) is 0. The summed E-state index contributed by atoms with van der Waals surface area (Å²) in [6.07, 6.45) is 0.971. The van der Waals surface area contributed by atoms with Crippen molar-refractivity contribution in [3.8, 4) is 22.3 Å². The highest BCUT2D eigenvalue weighted by molar-refractivity contribution is 5.91. The summed E-state index contributed by atoms with van der Waals surface area (Å²) in [6, 6.07) is 33.6. The Hall–Kier alpha value is -3.45. The van der Waals surface area contributed by atoms with Crippen molar-refractivity contribution in [2.75, 3.05) is 0 Å².